The van der Waals surface area contributed by atoms with Crippen LogP contribution in [-0.2, 0) is 4.79 Å². The Morgan fingerprint density at radius 2 is 1.91 bits per heavy atom. The van der Waals surface area contributed by atoms with Gasteiger partial charge in [-0.1, -0.05) is 24.3 Å². The number of ether oxygens (including phenoxy) is 1. The topological polar surface area (TPSA) is 87.0 Å². The van der Waals surface area contributed by atoms with Crippen molar-refractivity contribution in [2.45, 2.75) is 6.92 Å². The molecule has 22 heavy (non-hydrogen) atoms. The number of carboxylic acid groups (broad SMARTS) is 1. The highest BCUT2D eigenvalue weighted by molar-refractivity contribution is 5.91. The van der Waals surface area contributed by atoms with Gasteiger partial charge in [-0.25, -0.2) is 4.79 Å². The summed E-state index contributed by atoms with van der Waals surface area (Å²) in [5.41, 5.74) is 1.36. The second-order valence-electron chi connectivity index (χ2n) is 4.50. The van der Waals surface area contributed by atoms with Crippen molar-refractivity contribution in [2.75, 3.05) is 6.61 Å². The number of para-hydroxylation sites is 1. The van der Waals surface area contributed by atoms with Crippen LogP contribution in [0.2, 0.25) is 0 Å². The minimum atomic E-state index is -1.10. The Morgan fingerprint density at radius 1 is 1.18 bits per heavy atom. The average molecular weight is 300 g/mol. The van der Waals surface area contributed by atoms with Crippen molar-refractivity contribution in [1.82, 2.24) is 0 Å². The van der Waals surface area contributed by atoms with Crippen molar-refractivity contribution in [3.63, 3.8) is 0 Å². The van der Waals surface area contributed by atoms with Gasteiger partial charge in [0.2, 0.25) is 0 Å². The van der Waals surface area contributed by atoms with Gasteiger partial charge in [-0.2, -0.15) is 0 Å². The third kappa shape index (κ3) is 3.20. The van der Waals surface area contributed by atoms with Gasteiger partial charge in [-0.15, -0.1) is 0 Å². The van der Waals surface area contributed by atoms with E-state index in [2.05, 4.69) is 0 Å². The molecule has 0 fully saturated rings. The fourth-order valence-corrected chi connectivity index (χ4v) is 2.13. The van der Waals surface area contributed by atoms with Gasteiger partial charge in [-0.05, 0) is 30.7 Å². The summed E-state index contributed by atoms with van der Waals surface area (Å²) in [4.78, 5) is 10.7. The molecule has 2 rings (SSSR count). The molecule has 0 amide bonds. The lowest BCUT2D eigenvalue weighted by atomic mass is 9.96. The monoisotopic (exact) mass is 300 g/mol. The maximum atomic E-state index is 10.7. The van der Waals surface area contributed by atoms with E-state index in [4.69, 9.17) is 9.84 Å². The third-order valence-corrected chi connectivity index (χ3v) is 3.05. The van der Waals surface area contributed by atoms with Crippen LogP contribution in [0, 0.1) is 0 Å². The zero-order valence-electron chi connectivity index (χ0n) is 12.0. The highest BCUT2D eigenvalue weighted by Crippen LogP contribution is 2.43. The van der Waals surface area contributed by atoms with E-state index in [1.54, 1.807) is 24.3 Å². The molecule has 0 spiro atoms. The number of phenols is 2. The van der Waals surface area contributed by atoms with E-state index in [0.29, 0.717) is 29.0 Å². The van der Waals surface area contributed by atoms with E-state index >= 15 is 0 Å². The number of hydrogen-bond donors (Lipinski definition) is 3. The Bertz CT molecular complexity index is 719. The molecule has 0 aliphatic carbocycles. The number of benzene rings is 2. The molecule has 0 unspecified atom stereocenters. The van der Waals surface area contributed by atoms with Gasteiger partial charge in [0.05, 0.1) is 6.61 Å². The Balaban J connectivity index is 2.68. The van der Waals surface area contributed by atoms with Crippen LogP contribution in [-0.4, -0.2) is 27.9 Å². The Kier molecular flexibility index (Phi) is 4.68. The maximum Gasteiger partial charge on any atom is 0.328 e. The van der Waals surface area contributed by atoms with Gasteiger partial charge in [0, 0.05) is 17.2 Å². The molecule has 0 atom stereocenters. The number of hydrogen-bond acceptors (Lipinski definition) is 4. The Morgan fingerprint density at radius 3 is 2.59 bits per heavy atom. The first-order chi connectivity index (χ1) is 10.5. The quantitative estimate of drug-likeness (QED) is 0.583. The van der Waals surface area contributed by atoms with Crippen molar-refractivity contribution in [3.8, 4) is 28.4 Å². The molecule has 0 saturated heterocycles. The molecule has 0 heterocycles. The number of carbonyl (C=O) groups is 1. The van der Waals surface area contributed by atoms with Gasteiger partial charge in [-0.3, -0.25) is 0 Å². The average Bonchev–Trinajstić information content (AvgIpc) is 2.49. The largest absolute Gasteiger partial charge is 0.504 e. The van der Waals surface area contributed by atoms with Crippen molar-refractivity contribution < 1.29 is 24.9 Å². The molecule has 0 saturated carbocycles. The first-order valence-electron chi connectivity index (χ1n) is 6.72. The van der Waals surface area contributed by atoms with E-state index in [0.717, 1.165) is 6.08 Å². The zero-order chi connectivity index (χ0) is 16.1. The molecule has 3 N–H and O–H groups in total. The third-order valence-electron chi connectivity index (χ3n) is 3.05. The molecular formula is C17H16O5. The second-order valence-corrected chi connectivity index (χ2v) is 4.50. The molecule has 114 valence electrons. The number of aliphatic carboxylic acids is 1. The van der Waals surface area contributed by atoms with Crippen molar-refractivity contribution in [2.24, 2.45) is 0 Å². The summed E-state index contributed by atoms with van der Waals surface area (Å²) in [6, 6.07) is 9.88. The normalized spacial score (nSPS) is 10.8. The van der Waals surface area contributed by atoms with Gasteiger partial charge in [0.25, 0.3) is 0 Å². The summed E-state index contributed by atoms with van der Waals surface area (Å²) in [7, 11) is 0. The Hall–Kier alpha value is -2.95. The smallest absolute Gasteiger partial charge is 0.328 e. The van der Waals surface area contributed by atoms with Crippen LogP contribution in [0.15, 0.2) is 42.5 Å². The minimum Gasteiger partial charge on any atom is -0.504 e. The summed E-state index contributed by atoms with van der Waals surface area (Å²) in [5, 5.41) is 28.7. The lowest BCUT2D eigenvalue weighted by molar-refractivity contribution is -0.131. The summed E-state index contributed by atoms with van der Waals surface area (Å²) < 4.78 is 5.53. The van der Waals surface area contributed by atoms with Crippen molar-refractivity contribution >= 4 is 12.0 Å². The van der Waals surface area contributed by atoms with E-state index in [1.807, 2.05) is 6.92 Å². The van der Waals surface area contributed by atoms with Crippen LogP contribution in [0.3, 0.4) is 0 Å². The van der Waals surface area contributed by atoms with Crippen LogP contribution < -0.4 is 4.74 Å². The standard InChI is InChI=1S/C17H16O5/c1-2-22-14-6-4-3-5-12(14)16-11(8-10-15(19)20)7-9-13(18)17(16)21/h3-10,18,21H,2H2,1H3,(H,19,20). The lowest BCUT2D eigenvalue weighted by Gasteiger charge is -2.14. The first kappa shape index (κ1) is 15.4. The van der Waals surface area contributed by atoms with Crippen LogP contribution in [0.25, 0.3) is 17.2 Å². The number of rotatable bonds is 5. The van der Waals surface area contributed by atoms with Gasteiger partial charge < -0.3 is 20.1 Å². The van der Waals surface area contributed by atoms with Crippen LogP contribution >= 0.6 is 0 Å². The van der Waals surface area contributed by atoms with Gasteiger partial charge >= 0.3 is 5.97 Å². The summed E-state index contributed by atoms with van der Waals surface area (Å²) in [6.07, 6.45) is 2.33. The highest BCUT2D eigenvalue weighted by atomic mass is 16.5. The molecule has 0 aromatic heterocycles. The second kappa shape index (κ2) is 6.67. The molecule has 5 nitrogen and oxygen atoms in total. The maximum absolute atomic E-state index is 10.7. The minimum absolute atomic E-state index is 0.284. The highest BCUT2D eigenvalue weighted by Gasteiger charge is 2.16. The molecule has 0 aliphatic heterocycles. The van der Waals surface area contributed by atoms with Crippen LogP contribution in [0.5, 0.6) is 17.2 Å². The molecule has 0 bridgehead atoms. The number of carboxylic acids is 1. The van der Waals surface area contributed by atoms with Gasteiger partial charge in [0.15, 0.2) is 11.5 Å². The lowest BCUT2D eigenvalue weighted by Crippen LogP contribution is -1.95. The van der Waals surface area contributed by atoms with Crippen LogP contribution in [0.1, 0.15) is 12.5 Å². The molecule has 5 heteroatoms. The summed E-state index contributed by atoms with van der Waals surface area (Å²) in [6.45, 7) is 2.28. The van der Waals surface area contributed by atoms with Crippen molar-refractivity contribution in [3.05, 3.63) is 48.0 Å². The van der Waals surface area contributed by atoms with Crippen LogP contribution in [0.4, 0.5) is 0 Å². The Labute approximate surface area is 127 Å². The number of aromatic hydroxyl groups is 2. The molecule has 0 radical (unpaired) electrons. The van der Waals surface area contributed by atoms with E-state index < -0.39 is 5.97 Å². The molecule has 2 aromatic carbocycles. The van der Waals surface area contributed by atoms with E-state index in [-0.39, 0.29) is 11.5 Å². The SMILES string of the molecule is CCOc1ccccc1-c1c(C=CC(=O)O)ccc(O)c1O. The predicted molar refractivity (Wildman–Crippen MR) is 83.0 cm³/mol. The fraction of sp³-hybridized carbons (Fsp3) is 0.118. The molecular weight excluding hydrogens is 284 g/mol. The number of phenolic OH excluding ortho intramolecular Hbond substituents is 2. The van der Waals surface area contributed by atoms with Crippen molar-refractivity contribution in [1.29, 1.82) is 0 Å². The summed E-state index contributed by atoms with van der Waals surface area (Å²) >= 11 is 0. The zero-order valence-corrected chi connectivity index (χ0v) is 12.0. The predicted octanol–water partition coefficient (Wildman–Crippen LogP) is 3.26. The fourth-order valence-electron chi connectivity index (χ4n) is 2.13. The first-order valence-corrected chi connectivity index (χ1v) is 6.72. The van der Waals surface area contributed by atoms with Gasteiger partial charge in [0.1, 0.15) is 5.75 Å². The van der Waals surface area contributed by atoms with E-state index in [9.17, 15) is 15.0 Å². The molecule has 0 aliphatic rings. The molecule has 2 aromatic rings. The summed E-state index contributed by atoms with van der Waals surface area (Å²) in [5.74, 6) is -1.17. The van der Waals surface area contributed by atoms with E-state index in [1.165, 1.54) is 18.2 Å².